The van der Waals surface area contributed by atoms with E-state index in [0.717, 1.165) is 12.2 Å². The molecule has 0 unspecified atom stereocenters. The number of H-pyrrole nitrogens is 1. The van der Waals surface area contributed by atoms with E-state index in [1.54, 1.807) is 0 Å². The summed E-state index contributed by atoms with van der Waals surface area (Å²) in [5, 5.41) is 1.26. The number of hydrogen-bond acceptors (Lipinski definition) is 1. The fraction of sp³-hybridized carbons (Fsp3) is 0.167. The Morgan fingerprint density at radius 2 is 2.21 bits per heavy atom. The second-order valence-electron chi connectivity index (χ2n) is 3.24. The summed E-state index contributed by atoms with van der Waals surface area (Å²) < 4.78 is 0. The van der Waals surface area contributed by atoms with E-state index < -0.39 is 0 Å². The van der Waals surface area contributed by atoms with E-state index in [2.05, 4.69) is 54.0 Å². The number of fused-ring (bicyclic) bond motifs is 1. The standard InChI is InChI=1S/C12H13NS/c14-8-2-1-3-10-4-5-12-11(9-10)6-7-13-12/h1,3-7,9,13-14H,2,8H2. The van der Waals surface area contributed by atoms with Gasteiger partial charge >= 0.3 is 0 Å². The maximum Gasteiger partial charge on any atom is 0.0454 e. The van der Waals surface area contributed by atoms with Crippen LogP contribution in [0.5, 0.6) is 0 Å². The van der Waals surface area contributed by atoms with Gasteiger partial charge in [-0.1, -0.05) is 18.2 Å². The van der Waals surface area contributed by atoms with Gasteiger partial charge in [0, 0.05) is 11.7 Å². The molecule has 0 radical (unpaired) electrons. The minimum atomic E-state index is 0.906. The highest BCUT2D eigenvalue weighted by molar-refractivity contribution is 7.80. The molecule has 0 aliphatic carbocycles. The second-order valence-corrected chi connectivity index (χ2v) is 3.69. The van der Waals surface area contributed by atoms with Crippen LogP contribution in [0.15, 0.2) is 36.5 Å². The van der Waals surface area contributed by atoms with Crippen molar-refractivity contribution < 1.29 is 0 Å². The molecule has 0 fully saturated rings. The molecule has 1 aromatic carbocycles. The molecule has 1 N–H and O–H groups in total. The number of hydrogen-bond donors (Lipinski definition) is 2. The number of allylic oxidation sites excluding steroid dienone is 1. The number of aromatic nitrogens is 1. The van der Waals surface area contributed by atoms with E-state index in [4.69, 9.17) is 0 Å². The Kier molecular flexibility index (Phi) is 2.94. The average molecular weight is 203 g/mol. The minimum absolute atomic E-state index is 0.906. The highest BCUT2D eigenvalue weighted by atomic mass is 32.1. The maximum absolute atomic E-state index is 4.16. The first-order valence-corrected chi connectivity index (χ1v) is 5.38. The van der Waals surface area contributed by atoms with Crippen LogP contribution in [-0.2, 0) is 0 Å². The third kappa shape index (κ3) is 2.02. The lowest BCUT2D eigenvalue weighted by Crippen LogP contribution is -1.73. The molecule has 1 nitrogen and oxygen atoms in total. The van der Waals surface area contributed by atoms with Gasteiger partial charge in [0.1, 0.15) is 0 Å². The summed E-state index contributed by atoms with van der Waals surface area (Å²) in [5.41, 5.74) is 2.44. The van der Waals surface area contributed by atoms with Gasteiger partial charge in [-0.15, -0.1) is 0 Å². The van der Waals surface area contributed by atoms with Crippen LogP contribution in [0.2, 0.25) is 0 Å². The fourth-order valence-corrected chi connectivity index (χ4v) is 1.62. The smallest absolute Gasteiger partial charge is 0.0454 e. The Labute approximate surface area is 89.2 Å². The van der Waals surface area contributed by atoms with Crippen molar-refractivity contribution >= 4 is 29.6 Å². The summed E-state index contributed by atoms with van der Waals surface area (Å²) >= 11 is 4.16. The van der Waals surface area contributed by atoms with Crippen molar-refractivity contribution in [1.82, 2.24) is 4.98 Å². The molecule has 72 valence electrons. The predicted octanol–water partition coefficient (Wildman–Crippen LogP) is 3.50. The van der Waals surface area contributed by atoms with Crippen molar-refractivity contribution in [2.45, 2.75) is 6.42 Å². The Morgan fingerprint density at radius 3 is 3.07 bits per heavy atom. The Bertz CT molecular complexity index is 442. The van der Waals surface area contributed by atoms with Gasteiger partial charge in [-0.05, 0) is 41.3 Å². The first-order valence-electron chi connectivity index (χ1n) is 4.75. The first kappa shape index (κ1) is 9.41. The number of aromatic amines is 1. The van der Waals surface area contributed by atoms with Gasteiger partial charge < -0.3 is 4.98 Å². The van der Waals surface area contributed by atoms with Crippen LogP contribution in [0.25, 0.3) is 17.0 Å². The van der Waals surface area contributed by atoms with Crippen LogP contribution in [0.3, 0.4) is 0 Å². The van der Waals surface area contributed by atoms with Gasteiger partial charge in [0.15, 0.2) is 0 Å². The minimum Gasteiger partial charge on any atom is -0.361 e. The Balaban J connectivity index is 2.25. The van der Waals surface area contributed by atoms with Crippen LogP contribution in [0.4, 0.5) is 0 Å². The summed E-state index contributed by atoms with van der Waals surface area (Å²) in [6, 6.07) is 8.50. The molecular weight excluding hydrogens is 190 g/mol. The molecule has 0 saturated heterocycles. The van der Waals surface area contributed by atoms with Crippen LogP contribution >= 0.6 is 12.6 Å². The normalized spacial score (nSPS) is 11.5. The van der Waals surface area contributed by atoms with E-state index in [9.17, 15) is 0 Å². The molecule has 2 heteroatoms. The SMILES string of the molecule is SCCC=Cc1ccc2[nH]ccc2c1. The zero-order valence-electron chi connectivity index (χ0n) is 7.90. The molecule has 2 rings (SSSR count). The third-order valence-electron chi connectivity index (χ3n) is 2.18. The summed E-state index contributed by atoms with van der Waals surface area (Å²) in [6.07, 6.45) is 7.28. The van der Waals surface area contributed by atoms with Crippen LogP contribution in [-0.4, -0.2) is 10.7 Å². The van der Waals surface area contributed by atoms with Gasteiger partial charge in [0.2, 0.25) is 0 Å². The monoisotopic (exact) mass is 203 g/mol. The van der Waals surface area contributed by atoms with E-state index in [-0.39, 0.29) is 0 Å². The van der Waals surface area contributed by atoms with E-state index >= 15 is 0 Å². The highest BCUT2D eigenvalue weighted by Crippen LogP contribution is 2.15. The lowest BCUT2D eigenvalue weighted by Gasteiger charge is -1.94. The molecular formula is C12H13NS. The van der Waals surface area contributed by atoms with Crippen LogP contribution in [0.1, 0.15) is 12.0 Å². The van der Waals surface area contributed by atoms with Gasteiger partial charge in [0.05, 0.1) is 0 Å². The van der Waals surface area contributed by atoms with Crippen molar-refractivity contribution in [2.24, 2.45) is 0 Å². The number of nitrogens with one attached hydrogen (secondary N) is 1. The van der Waals surface area contributed by atoms with Crippen LogP contribution < -0.4 is 0 Å². The molecule has 0 atom stereocenters. The van der Waals surface area contributed by atoms with Gasteiger partial charge in [-0.25, -0.2) is 0 Å². The molecule has 0 amide bonds. The quantitative estimate of drug-likeness (QED) is 0.710. The Morgan fingerprint density at radius 1 is 1.29 bits per heavy atom. The fourth-order valence-electron chi connectivity index (χ4n) is 1.47. The number of rotatable bonds is 3. The first-order chi connectivity index (χ1) is 6.90. The van der Waals surface area contributed by atoms with Crippen molar-refractivity contribution in [3.05, 3.63) is 42.1 Å². The molecule has 2 aromatic rings. The van der Waals surface area contributed by atoms with Gasteiger partial charge in [-0.2, -0.15) is 12.6 Å². The average Bonchev–Trinajstić information content (AvgIpc) is 2.65. The van der Waals surface area contributed by atoms with E-state index in [1.165, 1.54) is 16.5 Å². The predicted molar refractivity (Wildman–Crippen MR) is 65.8 cm³/mol. The summed E-state index contributed by atoms with van der Waals surface area (Å²) in [4.78, 5) is 3.18. The zero-order chi connectivity index (χ0) is 9.80. The summed E-state index contributed by atoms with van der Waals surface area (Å²) in [6.45, 7) is 0. The lowest BCUT2D eigenvalue weighted by atomic mass is 10.1. The van der Waals surface area contributed by atoms with E-state index in [0.29, 0.717) is 0 Å². The van der Waals surface area contributed by atoms with Gasteiger partial charge in [-0.3, -0.25) is 0 Å². The molecule has 0 aliphatic heterocycles. The molecule has 0 bridgehead atoms. The molecule has 0 saturated carbocycles. The molecule has 1 aromatic heterocycles. The largest absolute Gasteiger partial charge is 0.361 e. The lowest BCUT2D eigenvalue weighted by molar-refractivity contribution is 1.26. The molecule has 0 spiro atoms. The van der Waals surface area contributed by atoms with Crippen molar-refractivity contribution in [3.8, 4) is 0 Å². The van der Waals surface area contributed by atoms with Crippen molar-refractivity contribution in [1.29, 1.82) is 0 Å². The highest BCUT2D eigenvalue weighted by Gasteiger charge is 1.93. The third-order valence-corrected chi connectivity index (χ3v) is 2.44. The molecule has 0 aliphatic rings. The van der Waals surface area contributed by atoms with E-state index in [1.807, 2.05) is 6.20 Å². The van der Waals surface area contributed by atoms with Crippen molar-refractivity contribution in [2.75, 3.05) is 5.75 Å². The van der Waals surface area contributed by atoms with Crippen LogP contribution in [0, 0.1) is 0 Å². The second kappa shape index (κ2) is 4.38. The zero-order valence-corrected chi connectivity index (χ0v) is 8.80. The summed E-state index contributed by atoms with van der Waals surface area (Å²) in [5.74, 6) is 0.906. The maximum atomic E-state index is 4.16. The Hall–Kier alpha value is -1.15. The van der Waals surface area contributed by atoms with Crippen molar-refractivity contribution in [3.63, 3.8) is 0 Å². The number of benzene rings is 1. The molecule has 14 heavy (non-hydrogen) atoms. The topological polar surface area (TPSA) is 15.8 Å². The summed E-state index contributed by atoms with van der Waals surface area (Å²) in [7, 11) is 0. The number of thiol groups is 1. The van der Waals surface area contributed by atoms with Gasteiger partial charge in [0.25, 0.3) is 0 Å². The molecule has 1 heterocycles.